The number of aromatic nitrogens is 2. The normalized spacial score (nSPS) is 8.71. The molecule has 2 nitrogen and oxygen atoms in total. The zero-order valence-corrected chi connectivity index (χ0v) is 3.43. The monoisotopic (exact) mass is 97.0 g/mol. The lowest BCUT2D eigenvalue weighted by Gasteiger charge is -1.76. The number of nitrogens with zero attached hydrogens (tertiary/aromatic N) is 2. The molecule has 0 aliphatic rings. The lowest BCUT2D eigenvalue weighted by Crippen LogP contribution is -1.81. The van der Waals surface area contributed by atoms with E-state index in [2.05, 4.69) is 16.3 Å². The van der Waals surface area contributed by atoms with Crippen LogP contribution >= 0.6 is 0 Å². The molecule has 0 unspecified atom stereocenters. The van der Waals surface area contributed by atoms with Gasteiger partial charge >= 0.3 is 0 Å². The molecule has 0 bridgehead atoms. The van der Waals surface area contributed by atoms with Crippen molar-refractivity contribution in [2.24, 2.45) is 0 Å². The van der Waals surface area contributed by atoms with Gasteiger partial charge in [0.2, 0.25) is 5.95 Å². The molecule has 3 heteroatoms. The summed E-state index contributed by atoms with van der Waals surface area (Å²) in [7, 11) is 0. The summed E-state index contributed by atoms with van der Waals surface area (Å²) in [6.45, 7) is 0. The van der Waals surface area contributed by atoms with E-state index >= 15 is 0 Å². The zero-order valence-electron chi connectivity index (χ0n) is 3.43. The van der Waals surface area contributed by atoms with Crippen LogP contribution in [0.25, 0.3) is 0 Å². The smallest absolute Gasteiger partial charge is 0.183 e. The summed E-state index contributed by atoms with van der Waals surface area (Å²) in [5.41, 5.74) is 0. The average molecular weight is 97.1 g/mol. The van der Waals surface area contributed by atoms with Crippen molar-refractivity contribution in [3.63, 3.8) is 0 Å². The van der Waals surface area contributed by atoms with Crippen molar-refractivity contribution in [3.8, 4) is 0 Å². The Morgan fingerprint density at radius 1 is 1.71 bits per heavy atom. The van der Waals surface area contributed by atoms with Crippen molar-refractivity contribution >= 4 is 0 Å². The van der Waals surface area contributed by atoms with Gasteiger partial charge in [-0.25, -0.2) is 0 Å². The number of hydrogen-bond acceptors (Lipinski definition) is 2. The lowest BCUT2D eigenvalue weighted by molar-refractivity contribution is 0.562. The SMILES string of the molecule is Fc1c[c]cnn1. The Kier molecular flexibility index (Phi) is 0.978. The molecule has 1 aromatic heterocycles. The van der Waals surface area contributed by atoms with E-state index in [1.165, 1.54) is 6.20 Å². The minimum absolute atomic E-state index is 0.595. The first-order chi connectivity index (χ1) is 3.39. The van der Waals surface area contributed by atoms with Crippen molar-refractivity contribution in [1.29, 1.82) is 0 Å². The van der Waals surface area contributed by atoms with Crippen LogP contribution in [0.4, 0.5) is 4.39 Å². The molecule has 0 fully saturated rings. The van der Waals surface area contributed by atoms with Gasteiger partial charge < -0.3 is 0 Å². The Labute approximate surface area is 40.0 Å². The fraction of sp³-hybridized carbons (Fsp3) is 0. The van der Waals surface area contributed by atoms with E-state index in [-0.39, 0.29) is 0 Å². The van der Waals surface area contributed by atoms with E-state index in [9.17, 15) is 4.39 Å². The van der Waals surface area contributed by atoms with Crippen LogP contribution in [-0.4, -0.2) is 10.2 Å². The van der Waals surface area contributed by atoms with E-state index in [0.29, 0.717) is 0 Å². The highest BCUT2D eigenvalue weighted by atomic mass is 19.1. The molecule has 0 aliphatic heterocycles. The van der Waals surface area contributed by atoms with E-state index in [4.69, 9.17) is 0 Å². The van der Waals surface area contributed by atoms with Gasteiger partial charge in [-0.05, 0) is 0 Å². The Balaban J connectivity index is 3.02. The largest absolute Gasteiger partial charge is 0.233 e. The van der Waals surface area contributed by atoms with Crippen LogP contribution in [0, 0.1) is 12.0 Å². The molecule has 1 aromatic rings. The van der Waals surface area contributed by atoms with Crippen molar-refractivity contribution in [3.05, 3.63) is 24.3 Å². The Hall–Kier alpha value is -0.990. The predicted molar refractivity (Wildman–Crippen MR) is 20.8 cm³/mol. The number of hydrogen-bond donors (Lipinski definition) is 0. The highest BCUT2D eigenvalue weighted by molar-refractivity contribution is 4.80. The molecule has 35 valence electrons. The van der Waals surface area contributed by atoms with Gasteiger partial charge in [0.25, 0.3) is 0 Å². The average Bonchev–Trinajstić information content (AvgIpc) is 1.69. The van der Waals surface area contributed by atoms with Crippen LogP contribution in [0.3, 0.4) is 0 Å². The molecule has 7 heavy (non-hydrogen) atoms. The lowest BCUT2D eigenvalue weighted by atomic mass is 10.6. The molecule has 0 saturated heterocycles. The van der Waals surface area contributed by atoms with E-state index in [1.54, 1.807) is 0 Å². The van der Waals surface area contributed by atoms with Gasteiger partial charge in [0.05, 0.1) is 6.20 Å². The van der Waals surface area contributed by atoms with Crippen molar-refractivity contribution in [1.82, 2.24) is 10.2 Å². The fourth-order valence-corrected chi connectivity index (χ4v) is 0.252. The number of rotatable bonds is 0. The summed E-state index contributed by atoms with van der Waals surface area (Å²) >= 11 is 0. The van der Waals surface area contributed by atoms with Gasteiger partial charge in [-0.3, -0.25) is 0 Å². The second-order valence-electron chi connectivity index (χ2n) is 0.978. The summed E-state index contributed by atoms with van der Waals surface area (Å²) in [6.07, 6.45) is 1.29. The molecule has 1 heterocycles. The molecule has 0 atom stereocenters. The molecule has 1 radical (unpaired) electrons. The van der Waals surface area contributed by atoms with Crippen LogP contribution in [0.2, 0.25) is 0 Å². The molecular formula is C4H2FN2. The second-order valence-corrected chi connectivity index (χ2v) is 0.978. The highest BCUT2D eigenvalue weighted by Crippen LogP contribution is 1.81. The van der Waals surface area contributed by atoms with Crippen LogP contribution < -0.4 is 0 Å². The Bertz CT molecular complexity index is 140. The minimum Gasteiger partial charge on any atom is -0.183 e. The minimum atomic E-state index is -0.595. The predicted octanol–water partition coefficient (Wildman–Crippen LogP) is 0.416. The third kappa shape index (κ3) is 0.924. The summed E-state index contributed by atoms with van der Waals surface area (Å²) in [4.78, 5) is 0. The first kappa shape index (κ1) is 4.18. The third-order valence-corrected chi connectivity index (χ3v) is 0.488. The molecule has 1 rings (SSSR count). The van der Waals surface area contributed by atoms with Crippen LogP contribution in [-0.2, 0) is 0 Å². The van der Waals surface area contributed by atoms with E-state index in [1.807, 2.05) is 0 Å². The fourth-order valence-electron chi connectivity index (χ4n) is 0.252. The highest BCUT2D eigenvalue weighted by Gasteiger charge is 1.81. The van der Waals surface area contributed by atoms with Gasteiger partial charge in [-0.1, -0.05) is 0 Å². The molecule has 0 N–H and O–H groups in total. The van der Waals surface area contributed by atoms with E-state index < -0.39 is 5.95 Å². The van der Waals surface area contributed by atoms with Crippen molar-refractivity contribution in [2.45, 2.75) is 0 Å². The van der Waals surface area contributed by atoms with Crippen molar-refractivity contribution < 1.29 is 4.39 Å². The molecule has 0 spiro atoms. The quantitative estimate of drug-likeness (QED) is 0.468. The maximum atomic E-state index is 11.7. The maximum Gasteiger partial charge on any atom is 0.233 e. The molecular weight excluding hydrogens is 95.1 g/mol. The molecule has 0 aromatic carbocycles. The molecule has 0 amide bonds. The summed E-state index contributed by atoms with van der Waals surface area (Å²) in [5, 5.41) is 6.23. The standard InChI is InChI=1S/C4H2FN2/c5-4-2-1-3-6-7-4/h2-3H. The van der Waals surface area contributed by atoms with Gasteiger partial charge in [-0.2, -0.15) is 9.49 Å². The topological polar surface area (TPSA) is 25.8 Å². The second kappa shape index (κ2) is 1.64. The van der Waals surface area contributed by atoms with Gasteiger partial charge in [-0.15, -0.1) is 5.10 Å². The van der Waals surface area contributed by atoms with Gasteiger partial charge in [0.1, 0.15) is 0 Å². The first-order valence-corrected chi connectivity index (χ1v) is 1.74. The zero-order chi connectivity index (χ0) is 5.11. The summed E-state index contributed by atoms with van der Waals surface area (Å²) in [6, 6.07) is 3.53. The van der Waals surface area contributed by atoms with Crippen LogP contribution in [0.1, 0.15) is 0 Å². The molecule has 0 aliphatic carbocycles. The van der Waals surface area contributed by atoms with Crippen LogP contribution in [0.5, 0.6) is 0 Å². The summed E-state index contributed by atoms with van der Waals surface area (Å²) < 4.78 is 11.7. The Morgan fingerprint density at radius 3 is 2.86 bits per heavy atom. The Morgan fingerprint density at radius 2 is 2.57 bits per heavy atom. The molecule has 0 saturated carbocycles. The van der Waals surface area contributed by atoms with E-state index in [0.717, 1.165) is 6.07 Å². The first-order valence-electron chi connectivity index (χ1n) is 1.74. The van der Waals surface area contributed by atoms with Gasteiger partial charge in [0, 0.05) is 12.1 Å². The maximum absolute atomic E-state index is 11.7. The van der Waals surface area contributed by atoms with Gasteiger partial charge in [0.15, 0.2) is 0 Å². The summed E-state index contributed by atoms with van der Waals surface area (Å²) in [5.74, 6) is -0.595. The van der Waals surface area contributed by atoms with Crippen LogP contribution in [0.15, 0.2) is 12.3 Å². The third-order valence-electron chi connectivity index (χ3n) is 0.488. The van der Waals surface area contributed by atoms with Crippen molar-refractivity contribution in [2.75, 3.05) is 0 Å². The number of halogens is 1.